The van der Waals surface area contributed by atoms with Crippen LogP contribution in [0.4, 0.5) is 4.39 Å². The lowest BCUT2D eigenvalue weighted by Gasteiger charge is -2.35. The van der Waals surface area contributed by atoms with E-state index < -0.39 is 0 Å². The minimum Gasteiger partial charge on any atom is -0.374 e. The molecule has 1 aromatic carbocycles. The van der Waals surface area contributed by atoms with Crippen LogP contribution in [-0.4, -0.2) is 43.3 Å². The lowest BCUT2D eigenvalue weighted by atomic mass is 10.1. The van der Waals surface area contributed by atoms with Crippen molar-refractivity contribution in [3.05, 3.63) is 34.6 Å². The Bertz CT molecular complexity index is 471. The number of hydrogen-bond donors (Lipinski definition) is 1. The summed E-state index contributed by atoms with van der Waals surface area (Å²) in [6, 6.07) is 5.42. The van der Waals surface area contributed by atoms with Crippen LogP contribution in [0.1, 0.15) is 18.4 Å². The molecule has 2 atom stereocenters. The van der Waals surface area contributed by atoms with Crippen molar-refractivity contribution >= 4 is 11.6 Å². The zero-order valence-corrected chi connectivity index (χ0v) is 12.2. The molecular weight excluding hydrogens is 279 g/mol. The molecule has 1 N–H and O–H groups in total. The summed E-state index contributed by atoms with van der Waals surface area (Å²) in [4.78, 5) is 2.51. The van der Waals surface area contributed by atoms with Crippen LogP contribution >= 0.6 is 11.6 Å². The first-order valence-electron chi connectivity index (χ1n) is 7.22. The van der Waals surface area contributed by atoms with Crippen LogP contribution in [0.5, 0.6) is 0 Å². The van der Waals surface area contributed by atoms with Gasteiger partial charge in [0.05, 0.1) is 12.7 Å². The molecule has 110 valence electrons. The molecule has 0 spiro atoms. The van der Waals surface area contributed by atoms with E-state index >= 15 is 0 Å². The smallest absolute Gasteiger partial charge is 0.129 e. The van der Waals surface area contributed by atoms with Gasteiger partial charge in [-0.25, -0.2) is 4.39 Å². The van der Waals surface area contributed by atoms with Gasteiger partial charge in [-0.1, -0.05) is 17.7 Å². The number of morpholine rings is 1. The standard InChI is InChI=1S/C15H20ClFN2O/c16-12-4-3-11(15(17)6-12)7-18-8-14-9-19-5-1-2-13(19)10-20-14/h3-4,6,13-14,18H,1-2,5,7-10H2. The van der Waals surface area contributed by atoms with Gasteiger partial charge in [0, 0.05) is 36.3 Å². The molecule has 2 heterocycles. The summed E-state index contributed by atoms with van der Waals surface area (Å²) >= 11 is 5.74. The Morgan fingerprint density at radius 3 is 3.20 bits per heavy atom. The predicted octanol–water partition coefficient (Wildman–Crippen LogP) is 2.43. The summed E-state index contributed by atoms with van der Waals surface area (Å²) < 4.78 is 19.5. The summed E-state index contributed by atoms with van der Waals surface area (Å²) in [6.07, 6.45) is 2.75. The van der Waals surface area contributed by atoms with Crippen molar-refractivity contribution < 1.29 is 9.13 Å². The van der Waals surface area contributed by atoms with E-state index in [-0.39, 0.29) is 11.9 Å². The van der Waals surface area contributed by atoms with Gasteiger partial charge in [0.2, 0.25) is 0 Å². The van der Waals surface area contributed by atoms with Gasteiger partial charge in [-0.3, -0.25) is 4.90 Å². The maximum atomic E-state index is 13.6. The molecule has 2 aliphatic rings. The van der Waals surface area contributed by atoms with Gasteiger partial charge < -0.3 is 10.1 Å². The molecule has 0 radical (unpaired) electrons. The summed E-state index contributed by atoms with van der Waals surface area (Å²) in [5, 5.41) is 3.71. The van der Waals surface area contributed by atoms with E-state index in [4.69, 9.17) is 16.3 Å². The van der Waals surface area contributed by atoms with Crippen LogP contribution in [0.15, 0.2) is 18.2 Å². The molecule has 2 saturated heterocycles. The highest BCUT2D eigenvalue weighted by atomic mass is 35.5. The molecule has 3 rings (SSSR count). The highest BCUT2D eigenvalue weighted by Gasteiger charge is 2.31. The summed E-state index contributed by atoms with van der Waals surface area (Å²) in [5.74, 6) is -0.255. The molecule has 0 aromatic heterocycles. The number of nitrogens with zero attached hydrogens (tertiary/aromatic N) is 1. The van der Waals surface area contributed by atoms with Crippen LogP contribution in [-0.2, 0) is 11.3 Å². The van der Waals surface area contributed by atoms with Crippen LogP contribution in [0, 0.1) is 5.82 Å². The Kier molecular flexibility index (Phi) is 4.56. The molecule has 2 fully saturated rings. The normalized spacial score (nSPS) is 26.7. The van der Waals surface area contributed by atoms with Crippen molar-refractivity contribution in [3.8, 4) is 0 Å². The summed E-state index contributed by atoms with van der Waals surface area (Å²) in [6.45, 7) is 4.27. The van der Waals surface area contributed by atoms with Crippen LogP contribution < -0.4 is 5.32 Å². The molecule has 0 aliphatic carbocycles. The molecule has 5 heteroatoms. The summed E-state index contributed by atoms with van der Waals surface area (Å²) in [7, 11) is 0. The largest absolute Gasteiger partial charge is 0.374 e. The minimum absolute atomic E-state index is 0.208. The quantitative estimate of drug-likeness (QED) is 0.924. The highest BCUT2D eigenvalue weighted by Crippen LogP contribution is 2.22. The molecule has 2 unspecified atom stereocenters. The Hall–Kier alpha value is -0.680. The summed E-state index contributed by atoms with van der Waals surface area (Å²) in [5.41, 5.74) is 0.643. The topological polar surface area (TPSA) is 24.5 Å². The van der Waals surface area contributed by atoms with E-state index in [0.29, 0.717) is 23.2 Å². The van der Waals surface area contributed by atoms with Crippen molar-refractivity contribution in [2.24, 2.45) is 0 Å². The van der Waals surface area contributed by atoms with E-state index in [2.05, 4.69) is 10.2 Å². The first kappa shape index (κ1) is 14.3. The van der Waals surface area contributed by atoms with E-state index in [9.17, 15) is 4.39 Å². The first-order valence-corrected chi connectivity index (χ1v) is 7.60. The molecular formula is C15H20ClFN2O. The fraction of sp³-hybridized carbons (Fsp3) is 0.600. The number of hydrogen-bond acceptors (Lipinski definition) is 3. The van der Waals surface area contributed by atoms with Crippen LogP contribution in [0.25, 0.3) is 0 Å². The van der Waals surface area contributed by atoms with Crippen molar-refractivity contribution in [1.29, 1.82) is 0 Å². The Morgan fingerprint density at radius 1 is 1.45 bits per heavy atom. The average Bonchev–Trinajstić information content (AvgIpc) is 2.89. The van der Waals surface area contributed by atoms with Gasteiger partial charge in [0.1, 0.15) is 5.82 Å². The molecule has 1 aromatic rings. The van der Waals surface area contributed by atoms with Gasteiger partial charge in [-0.15, -0.1) is 0 Å². The average molecular weight is 299 g/mol. The predicted molar refractivity (Wildman–Crippen MR) is 77.5 cm³/mol. The van der Waals surface area contributed by atoms with Gasteiger partial charge in [0.25, 0.3) is 0 Å². The highest BCUT2D eigenvalue weighted by molar-refractivity contribution is 6.30. The number of benzene rings is 1. The van der Waals surface area contributed by atoms with Crippen molar-refractivity contribution in [2.45, 2.75) is 31.5 Å². The maximum Gasteiger partial charge on any atom is 0.129 e. The van der Waals surface area contributed by atoms with Gasteiger partial charge >= 0.3 is 0 Å². The molecule has 20 heavy (non-hydrogen) atoms. The van der Waals surface area contributed by atoms with E-state index in [0.717, 1.165) is 19.7 Å². The van der Waals surface area contributed by atoms with E-state index in [1.807, 2.05) is 0 Å². The lowest BCUT2D eigenvalue weighted by Crippen LogP contribution is -2.49. The monoisotopic (exact) mass is 298 g/mol. The number of fused-ring (bicyclic) bond motifs is 1. The molecule has 0 amide bonds. The zero-order chi connectivity index (χ0) is 13.9. The van der Waals surface area contributed by atoms with E-state index in [1.54, 1.807) is 12.1 Å². The SMILES string of the molecule is Fc1cc(Cl)ccc1CNCC1CN2CCCC2CO1. The Morgan fingerprint density at radius 2 is 2.35 bits per heavy atom. The second-order valence-corrected chi connectivity index (χ2v) is 6.05. The van der Waals surface area contributed by atoms with Gasteiger partial charge in [0.15, 0.2) is 0 Å². The van der Waals surface area contributed by atoms with Gasteiger partial charge in [-0.2, -0.15) is 0 Å². The maximum absolute atomic E-state index is 13.6. The third-order valence-electron chi connectivity index (χ3n) is 4.16. The van der Waals surface area contributed by atoms with Crippen LogP contribution in [0.2, 0.25) is 5.02 Å². The third-order valence-corrected chi connectivity index (χ3v) is 4.40. The molecule has 0 bridgehead atoms. The fourth-order valence-electron chi connectivity index (χ4n) is 3.04. The molecule has 2 aliphatic heterocycles. The van der Waals surface area contributed by atoms with Crippen molar-refractivity contribution in [2.75, 3.05) is 26.2 Å². The second-order valence-electron chi connectivity index (χ2n) is 5.61. The van der Waals surface area contributed by atoms with Gasteiger partial charge in [-0.05, 0) is 31.5 Å². The number of nitrogens with one attached hydrogen (secondary N) is 1. The first-order chi connectivity index (χ1) is 9.72. The number of halogens is 2. The van der Waals surface area contributed by atoms with E-state index in [1.165, 1.54) is 25.5 Å². The Labute approximate surface area is 124 Å². The number of rotatable bonds is 4. The lowest BCUT2D eigenvalue weighted by molar-refractivity contribution is -0.0470. The van der Waals surface area contributed by atoms with Crippen molar-refractivity contribution in [1.82, 2.24) is 10.2 Å². The van der Waals surface area contributed by atoms with Crippen molar-refractivity contribution in [3.63, 3.8) is 0 Å². The Balaban J connectivity index is 1.45. The number of ether oxygens (including phenoxy) is 1. The third kappa shape index (κ3) is 3.31. The fourth-order valence-corrected chi connectivity index (χ4v) is 3.20. The molecule has 0 saturated carbocycles. The minimum atomic E-state index is -0.255. The second kappa shape index (κ2) is 6.39. The molecule has 3 nitrogen and oxygen atoms in total. The zero-order valence-electron chi connectivity index (χ0n) is 11.4. The van der Waals surface area contributed by atoms with Crippen LogP contribution in [0.3, 0.4) is 0 Å².